The van der Waals surface area contributed by atoms with Crippen molar-refractivity contribution in [3.05, 3.63) is 71.6 Å². The molecule has 0 N–H and O–H groups in total. The minimum atomic E-state index is -3.84. The van der Waals surface area contributed by atoms with Crippen LogP contribution in [0.5, 0.6) is 0 Å². The van der Waals surface area contributed by atoms with E-state index >= 15 is 0 Å². The van der Waals surface area contributed by atoms with Crippen LogP contribution in [0.2, 0.25) is 5.02 Å². The highest BCUT2D eigenvalue weighted by atomic mass is 35.5. The average Bonchev–Trinajstić information content (AvgIpc) is 3.32. The Kier molecular flexibility index (Phi) is 4.64. The average molecular weight is 456 g/mol. The van der Waals surface area contributed by atoms with E-state index in [0.29, 0.717) is 27.5 Å². The number of sulfonamides is 1. The number of anilines is 1. The minimum Gasteiger partial charge on any atom is -0.454 e. The Labute approximate surface area is 182 Å². The first kappa shape index (κ1) is 19.5. The third kappa shape index (κ3) is 3.41. The van der Waals surface area contributed by atoms with Crippen LogP contribution in [-0.4, -0.2) is 31.1 Å². The highest BCUT2D eigenvalue weighted by molar-refractivity contribution is 7.93. The van der Waals surface area contributed by atoms with Crippen molar-refractivity contribution in [1.29, 1.82) is 0 Å². The van der Waals surface area contributed by atoms with Crippen LogP contribution < -0.4 is 4.31 Å². The van der Waals surface area contributed by atoms with Gasteiger partial charge >= 0.3 is 5.97 Å². The summed E-state index contributed by atoms with van der Waals surface area (Å²) in [5, 5.41) is 5.81. The van der Waals surface area contributed by atoms with Crippen molar-refractivity contribution in [1.82, 2.24) is 10.1 Å². The Balaban J connectivity index is 1.30. The number of nitrogens with zero attached hydrogens (tertiary/aromatic N) is 3. The molecule has 0 radical (unpaired) electrons. The van der Waals surface area contributed by atoms with Crippen LogP contribution in [0.25, 0.3) is 22.2 Å². The van der Waals surface area contributed by atoms with Crippen LogP contribution in [0.1, 0.15) is 5.89 Å². The fraction of sp³-hybridized carbons (Fsp3) is 0.0952. The fourth-order valence-corrected chi connectivity index (χ4v) is 5.24. The van der Waals surface area contributed by atoms with Gasteiger partial charge in [0.2, 0.25) is 5.82 Å². The molecule has 0 atom stereocenters. The molecule has 0 bridgehead atoms. The summed E-state index contributed by atoms with van der Waals surface area (Å²) in [7, 11) is -3.84. The number of aromatic nitrogens is 2. The molecule has 2 heterocycles. The van der Waals surface area contributed by atoms with Crippen molar-refractivity contribution in [3.63, 3.8) is 0 Å². The molecule has 0 amide bonds. The number of halogens is 1. The lowest BCUT2D eigenvalue weighted by atomic mass is 10.1. The Bertz CT molecular complexity index is 1410. The number of carbonyl (C=O) groups excluding carboxylic acids is 1. The number of benzene rings is 3. The van der Waals surface area contributed by atoms with Crippen LogP contribution in [0.4, 0.5) is 5.69 Å². The number of ether oxygens (including phenoxy) is 1. The first-order valence-electron chi connectivity index (χ1n) is 9.22. The van der Waals surface area contributed by atoms with Crippen LogP contribution >= 0.6 is 11.6 Å². The number of esters is 1. The van der Waals surface area contributed by atoms with Crippen LogP contribution in [-0.2, 0) is 26.2 Å². The van der Waals surface area contributed by atoms with Gasteiger partial charge in [0.25, 0.3) is 15.9 Å². The van der Waals surface area contributed by atoms with Gasteiger partial charge in [0.1, 0.15) is 6.54 Å². The van der Waals surface area contributed by atoms with E-state index in [4.69, 9.17) is 20.9 Å². The quantitative estimate of drug-likeness (QED) is 0.422. The van der Waals surface area contributed by atoms with Gasteiger partial charge in [0.05, 0.1) is 10.6 Å². The zero-order valence-electron chi connectivity index (χ0n) is 15.9. The van der Waals surface area contributed by atoms with E-state index in [-0.39, 0.29) is 17.4 Å². The standard InChI is InChI=1S/C21H14ClN3O5S/c22-15-9-7-14(8-10-15)21-23-18(30-24-21)12-29-19(26)11-25-16-5-1-3-13-4-2-6-17(20(13)16)31(25,27)28/h1-10H,11-12H2. The zero-order valence-corrected chi connectivity index (χ0v) is 17.4. The Morgan fingerprint density at radius 3 is 2.58 bits per heavy atom. The van der Waals surface area contributed by atoms with Gasteiger partial charge in [-0.1, -0.05) is 41.0 Å². The highest BCUT2D eigenvalue weighted by Crippen LogP contribution is 2.41. The molecule has 1 aliphatic rings. The molecule has 1 aliphatic heterocycles. The smallest absolute Gasteiger partial charge is 0.327 e. The van der Waals surface area contributed by atoms with Gasteiger partial charge in [-0.15, -0.1) is 0 Å². The monoisotopic (exact) mass is 455 g/mol. The maximum atomic E-state index is 12.9. The normalized spacial score (nSPS) is 14.2. The van der Waals surface area contributed by atoms with E-state index in [0.717, 1.165) is 9.69 Å². The van der Waals surface area contributed by atoms with Crippen molar-refractivity contribution in [3.8, 4) is 11.4 Å². The van der Waals surface area contributed by atoms with E-state index in [9.17, 15) is 13.2 Å². The minimum absolute atomic E-state index is 0.0907. The van der Waals surface area contributed by atoms with Crippen LogP contribution in [0.15, 0.2) is 70.1 Å². The molecule has 0 saturated carbocycles. The molecule has 3 aromatic carbocycles. The van der Waals surface area contributed by atoms with Crippen LogP contribution in [0, 0.1) is 0 Å². The second-order valence-corrected chi connectivity index (χ2v) is 9.09. The van der Waals surface area contributed by atoms with E-state index in [2.05, 4.69) is 10.1 Å². The molecule has 5 rings (SSSR count). The van der Waals surface area contributed by atoms with Crippen molar-refractivity contribution in [2.75, 3.05) is 10.8 Å². The molecule has 156 valence electrons. The van der Waals surface area contributed by atoms with Gasteiger partial charge in [0.15, 0.2) is 6.61 Å². The predicted molar refractivity (Wildman–Crippen MR) is 113 cm³/mol. The first-order valence-corrected chi connectivity index (χ1v) is 11.0. The molecule has 4 aromatic rings. The molecule has 8 nitrogen and oxygen atoms in total. The molecule has 31 heavy (non-hydrogen) atoms. The summed E-state index contributed by atoms with van der Waals surface area (Å²) in [6.07, 6.45) is 0. The first-order chi connectivity index (χ1) is 14.9. The van der Waals surface area contributed by atoms with E-state index < -0.39 is 22.5 Å². The molecule has 0 saturated heterocycles. The molecule has 0 unspecified atom stereocenters. The highest BCUT2D eigenvalue weighted by Gasteiger charge is 2.37. The summed E-state index contributed by atoms with van der Waals surface area (Å²) in [5.74, 6) is -0.320. The lowest BCUT2D eigenvalue weighted by Crippen LogP contribution is -2.33. The van der Waals surface area contributed by atoms with E-state index in [1.54, 1.807) is 42.5 Å². The Morgan fingerprint density at radius 2 is 1.81 bits per heavy atom. The van der Waals surface area contributed by atoms with Crippen molar-refractivity contribution < 1.29 is 22.5 Å². The van der Waals surface area contributed by atoms with Crippen LogP contribution in [0.3, 0.4) is 0 Å². The lowest BCUT2D eigenvalue weighted by molar-refractivity contribution is -0.143. The SMILES string of the molecule is O=C(CN1c2cccc3cccc(c23)S1(=O)=O)OCc1nc(-c2ccc(Cl)cc2)no1. The molecule has 0 spiro atoms. The summed E-state index contributed by atoms with van der Waals surface area (Å²) in [6, 6.07) is 17.1. The third-order valence-corrected chi connectivity index (χ3v) is 6.94. The second-order valence-electron chi connectivity index (χ2n) is 6.82. The summed E-state index contributed by atoms with van der Waals surface area (Å²) in [6.45, 7) is -0.737. The summed E-state index contributed by atoms with van der Waals surface area (Å²) in [4.78, 5) is 16.8. The number of carbonyl (C=O) groups is 1. The lowest BCUT2D eigenvalue weighted by Gasteiger charge is -2.17. The van der Waals surface area contributed by atoms with E-state index in [1.807, 2.05) is 12.1 Å². The van der Waals surface area contributed by atoms with Gasteiger partial charge in [-0.05, 0) is 41.8 Å². The second kappa shape index (κ2) is 7.36. The number of rotatable bonds is 5. The Hall–Kier alpha value is -3.43. The summed E-state index contributed by atoms with van der Waals surface area (Å²) < 4.78 is 37.2. The third-order valence-electron chi connectivity index (χ3n) is 4.88. The zero-order chi connectivity index (χ0) is 21.6. The molecule has 0 aliphatic carbocycles. The van der Waals surface area contributed by atoms with Crippen molar-refractivity contribution in [2.45, 2.75) is 11.5 Å². The van der Waals surface area contributed by atoms with E-state index in [1.165, 1.54) is 6.07 Å². The molecule has 10 heteroatoms. The fourth-order valence-electron chi connectivity index (χ4n) is 3.46. The Morgan fingerprint density at radius 1 is 1.06 bits per heavy atom. The molecule has 1 aromatic heterocycles. The summed E-state index contributed by atoms with van der Waals surface area (Å²) in [5.41, 5.74) is 1.15. The molecule has 0 fully saturated rings. The molecular weight excluding hydrogens is 442 g/mol. The summed E-state index contributed by atoms with van der Waals surface area (Å²) >= 11 is 5.87. The molecular formula is C21H14ClN3O5S. The topological polar surface area (TPSA) is 103 Å². The number of hydrogen-bond acceptors (Lipinski definition) is 7. The maximum absolute atomic E-state index is 12.9. The van der Waals surface area contributed by atoms with Crippen molar-refractivity contribution in [2.24, 2.45) is 0 Å². The maximum Gasteiger partial charge on any atom is 0.327 e. The largest absolute Gasteiger partial charge is 0.454 e. The number of hydrogen-bond donors (Lipinski definition) is 0. The van der Waals surface area contributed by atoms with Gasteiger partial charge in [-0.25, -0.2) is 8.42 Å². The van der Waals surface area contributed by atoms with Gasteiger partial charge < -0.3 is 9.26 Å². The van der Waals surface area contributed by atoms with Gasteiger partial charge in [-0.3, -0.25) is 9.10 Å². The predicted octanol–water partition coefficient (Wildman–Crippen LogP) is 3.80. The van der Waals surface area contributed by atoms with Gasteiger partial charge in [-0.2, -0.15) is 4.98 Å². The van der Waals surface area contributed by atoms with Crippen molar-refractivity contribution >= 4 is 44.1 Å². The van der Waals surface area contributed by atoms with Gasteiger partial charge in [0, 0.05) is 16.0 Å².